The molecule has 2 aliphatic heterocycles. The maximum absolute atomic E-state index is 13.7. The number of piperidine rings is 1. The second-order valence-corrected chi connectivity index (χ2v) is 13.4. The highest BCUT2D eigenvalue weighted by Crippen LogP contribution is 2.41. The fourth-order valence-corrected chi connectivity index (χ4v) is 8.05. The summed E-state index contributed by atoms with van der Waals surface area (Å²) >= 11 is 0. The molecule has 2 unspecified atom stereocenters. The van der Waals surface area contributed by atoms with Crippen molar-refractivity contribution in [2.24, 2.45) is 17.6 Å². The quantitative estimate of drug-likeness (QED) is 0.280. The number of methoxy groups -OCH3 is 1. The van der Waals surface area contributed by atoms with Gasteiger partial charge in [0, 0.05) is 59.9 Å². The highest BCUT2D eigenvalue weighted by atomic mass is 16.5. The van der Waals surface area contributed by atoms with E-state index in [-0.39, 0.29) is 23.9 Å². The van der Waals surface area contributed by atoms with Gasteiger partial charge in [-0.05, 0) is 91.5 Å². The van der Waals surface area contributed by atoms with E-state index in [2.05, 4.69) is 47.1 Å². The molecule has 45 heavy (non-hydrogen) atoms. The normalized spacial score (nSPS) is 22.1. The number of nitrogens with two attached hydrogens (primary N) is 1. The first-order chi connectivity index (χ1) is 21.9. The van der Waals surface area contributed by atoms with Gasteiger partial charge >= 0.3 is 0 Å². The van der Waals surface area contributed by atoms with E-state index in [1.807, 2.05) is 33.8 Å². The van der Waals surface area contributed by atoms with Crippen molar-refractivity contribution in [1.29, 1.82) is 0 Å². The highest BCUT2D eigenvalue weighted by Gasteiger charge is 2.47. The SMILES string of the molecule is COc1cc(C(=O)N2CC3CCC2[C@@H]3N)cn2nc(-c3cc4ccc(-c5ccc6c(c5)CNC6=O)cc4n3CC3CC3)c(C)c12. The van der Waals surface area contributed by atoms with E-state index in [9.17, 15) is 9.59 Å². The summed E-state index contributed by atoms with van der Waals surface area (Å²) in [6.07, 6.45) is 6.39. The van der Waals surface area contributed by atoms with Crippen LogP contribution in [0.4, 0.5) is 0 Å². The maximum atomic E-state index is 13.7. The molecular formula is C36H36N6O3. The molecule has 5 aromatic rings. The number of fused-ring (bicyclic) bond motifs is 5. The number of nitrogens with zero attached hydrogens (tertiary/aromatic N) is 4. The van der Waals surface area contributed by atoms with Crippen LogP contribution in [0.3, 0.4) is 0 Å². The van der Waals surface area contributed by atoms with E-state index in [4.69, 9.17) is 15.6 Å². The number of likely N-dealkylation sites (tertiary alicyclic amines) is 1. The van der Waals surface area contributed by atoms with Crippen LogP contribution in [0.5, 0.6) is 5.75 Å². The highest BCUT2D eigenvalue weighted by molar-refractivity contribution is 5.99. The van der Waals surface area contributed by atoms with E-state index in [0.717, 1.165) is 76.0 Å². The first-order valence-electron chi connectivity index (χ1n) is 16.1. The summed E-state index contributed by atoms with van der Waals surface area (Å²) in [5.41, 5.74) is 16.0. The van der Waals surface area contributed by atoms with Crippen LogP contribution in [0.25, 0.3) is 38.9 Å². The molecule has 9 nitrogen and oxygen atoms in total. The van der Waals surface area contributed by atoms with Crippen LogP contribution < -0.4 is 15.8 Å². The van der Waals surface area contributed by atoms with Gasteiger partial charge in [-0.2, -0.15) is 5.10 Å². The van der Waals surface area contributed by atoms with Crippen LogP contribution in [-0.4, -0.2) is 56.6 Å². The summed E-state index contributed by atoms with van der Waals surface area (Å²) in [5.74, 6) is 1.68. The van der Waals surface area contributed by atoms with Gasteiger partial charge in [0.15, 0.2) is 0 Å². The molecule has 3 fully saturated rings. The predicted molar refractivity (Wildman–Crippen MR) is 172 cm³/mol. The molecule has 2 amide bonds. The Bertz CT molecular complexity index is 2070. The van der Waals surface area contributed by atoms with Crippen molar-refractivity contribution in [3.63, 3.8) is 0 Å². The second-order valence-electron chi connectivity index (χ2n) is 13.4. The predicted octanol–water partition coefficient (Wildman–Crippen LogP) is 5.16. The Morgan fingerprint density at radius 3 is 2.64 bits per heavy atom. The van der Waals surface area contributed by atoms with Crippen molar-refractivity contribution in [2.75, 3.05) is 13.7 Å². The summed E-state index contributed by atoms with van der Waals surface area (Å²) in [6, 6.07) is 17.0. The van der Waals surface area contributed by atoms with Crippen molar-refractivity contribution in [3.05, 3.63) is 77.0 Å². The van der Waals surface area contributed by atoms with E-state index >= 15 is 0 Å². The monoisotopic (exact) mass is 600 g/mol. The van der Waals surface area contributed by atoms with Crippen LogP contribution in [-0.2, 0) is 13.1 Å². The molecule has 3 atom stereocenters. The van der Waals surface area contributed by atoms with E-state index in [1.54, 1.807) is 7.11 Å². The lowest BCUT2D eigenvalue weighted by Crippen LogP contribution is -2.41. The van der Waals surface area contributed by atoms with Gasteiger partial charge in [0.05, 0.1) is 18.4 Å². The largest absolute Gasteiger partial charge is 0.494 e. The molecule has 9 rings (SSSR count). The van der Waals surface area contributed by atoms with E-state index < -0.39 is 0 Å². The number of amides is 2. The summed E-state index contributed by atoms with van der Waals surface area (Å²) < 4.78 is 10.1. The number of carbonyl (C=O) groups is 2. The van der Waals surface area contributed by atoms with E-state index in [1.165, 1.54) is 18.4 Å². The third-order valence-electron chi connectivity index (χ3n) is 10.7. The zero-order valence-corrected chi connectivity index (χ0v) is 25.5. The summed E-state index contributed by atoms with van der Waals surface area (Å²) in [5, 5.41) is 9.20. The fourth-order valence-electron chi connectivity index (χ4n) is 8.05. The molecule has 0 spiro atoms. The summed E-state index contributed by atoms with van der Waals surface area (Å²) in [4.78, 5) is 27.8. The number of rotatable bonds is 6. The standard InChI is InChI=1S/C36H36N6O3/c1-19-33(39-42-18-26(14-31(45-2)34(19)42)36(44)41-17-24-8-10-28(41)32(24)37)30-13-23-6-5-22(12-29(23)40(30)16-20-3-4-20)21-7-9-27-25(11-21)15-38-35(27)43/h5-7,9,11-14,18,20,24,28,32H,3-4,8,10,15-17,37H2,1-2H3,(H,38,43)/t24?,28?,32-/m1/s1. The van der Waals surface area contributed by atoms with Gasteiger partial charge in [0.2, 0.25) is 0 Å². The molecule has 1 saturated heterocycles. The summed E-state index contributed by atoms with van der Waals surface area (Å²) in [7, 11) is 1.65. The lowest BCUT2D eigenvalue weighted by Gasteiger charge is -2.27. The number of aromatic nitrogens is 3. The molecule has 5 heterocycles. The third kappa shape index (κ3) is 4.06. The molecule has 0 radical (unpaired) electrons. The number of aryl methyl sites for hydroxylation is 1. The Hall–Kier alpha value is -4.63. The van der Waals surface area contributed by atoms with Crippen molar-refractivity contribution in [1.82, 2.24) is 24.4 Å². The molecule has 3 aromatic heterocycles. The average Bonchev–Trinajstić information content (AvgIpc) is 3.26. The lowest BCUT2D eigenvalue weighted by atomic mass is 9.99. The Kier molecular flexibility index (Phi) is 5.75. The van der Waals surface area contributed by atoms with Crippen molar-refractivity contribution in [2.45, 2.75) is 57.8 Å². The number of nitrogens with one attached hydrogen (secondary N) is 1. The van der Waals surface area contributed by atoms with Gasteiger partial charge in [-0.1, -0.05) is 18.2 Å². The number of hydrogen-bond donors (Lipinski definition) is 2. The van der Waals surface area contributed by atoms with Crippen LogP contribution in [0.1, 0.15) is 57.5 Å². The minimum absolute atomic E-state index is 0.00172. The Balaban J connectivity index is 1.15. The van der Waals surface area contributed by atoms with Gasteiger partial charge in [-0.3, -0.25) is 9.59 Å². The molecule has 2 aromatic carbocycles. The topological polar surface area (TPSA) is 107 Å². The van der Waals surface area contributed by atoms with Crippen LogP contribution in [0.15, 0.2) is 54.7 Å². The van der Waals surface area contributed by atoms with Crippen molar-refractivity contribution in [3.8, 4) is 28.3 Å². The summed E-state index contributed by atoms with van der Waals surface area (Å²) in [6.45, 7) is 4.31. The van der Waals surface area contributed by atoms with Gasteiger partial charge < -0.3 is 25.3 Å². The second kappa shape index (κ2) is 9.68. The molecular weight excluding hydrogens is 564 g/mol. The zero-order chi connectivity index (χ0) is 30.6. The van der Waals surface area contributed by atoms with Crippen molar-refractivity contribution < 1.29 is 14.3 Å². The Morgan fingerprint density at radius 1 is 1.07 bits per heavy atom. The lowest BCUT2D eigenvalue weighted by molar-refractivity contribution is 0.0699. The number of ether oxygens (including phenoxy) is 1. The zero-order valence-electron chi connectivity index (χ0n) is 25.5. The number of benzene rings is 2. The average molecular weight is 601 g/mol. The van der Waals surface area contributed by atoms with Crippen LogP contribution in [0.2, 0.25) is 0 Å². The smallest absolute Gasteiger partial charge is 0.255 e. The first-order valence-corrected chi connectivity index (χ1v) is 16.1. The van der Waals surface area contributed by atoms with Crippen molar-refractivity contribution >= 4 is 28.2 Å². The number of carbonyl (C=O) groups excluding carboxylic acids is 2. The number of pyridine rings is 1. The molecule has 9 heteroatoms. The van der Waals surface area contributed by atoms with Gasteiger partial charge in [0.1, 0.15) is 17.0 Å². The van der Waals surface area contributed by atoms with Gasteiger partial charge in [0.25, 0.3) is 11.8 Å². The molecule has 4 aliphatic rings. The van der Waals surface area contributed by atoms with E-state index in [0.29, 0.717) is 29.7 Å². The van der Waals surface area contributed by atoms with Gasteiger partial charge in [-0.15, -0.1) is 0 Å². The molecule has 228 valence electrons. The van der Waals surface area contributed by atoms with Gasteiger partial charge in [-0.25, -0.2) is 4.52 Å². The minimum atomic E-state index is -0.00497. The molecule has 3 N–H and O–H groups in total. The maximum Gasteiger partial charge on any atom is 0.255 e. The van der Waals surface area contributed by atoms with Crippen LogP contribution >= 0.6 is 0 Å². The Morgan fingerprint density at radius 2 is 1.89 bits per heavy atom. The fraction of sp³-hybridized carbons (Fsp3) is 0.361. The first kappa shape index (κ1) is 26.7. The molecule has 2 aliphatic carbocycles. The minimum Gasteiger partial charge on any atom is -0.494 e. The third-order valence-corrected chi connectivity index (χ3v) is 10.7. The molecule has 2 bridgehead atoms. The number of hydrogen-bond acceptors (Lipinski definition) is 5. The molecule has 2 saturated carbocycles. The van der Waals surface area contributed by atoms with Crippen LogP contribution in [0, 0.1) is 18.8 Å². The Labute approximate surface area is 260 Å².